The molecule has 2 bridgehead atoms. The average Bonchev–Trinajstić information content (AvgIpc) is 2.89. The van der Waals surface area contributed by atoms with Gasteiger partial charge in [0, 0.05) is 6.04 Å². The molecule has 0 radical (unpaired) electrons. The Balaban J connectivity index is 1.71. The Morgan fingerprint density at radius 1 is 1.22 bits per heavy atom. The van der Waals surface area contributed by atoms with Gasteiger partial charge in [-0.15, -0.1) is 0 Å². The molecule has 0 aromatic heterocycles. The van der Waals surface area contributed by atoms with Crippen molar-refractivity contribution in [3.63, 3.8) is 0 Å². The van der Waals surface area contributed by atoms with Crippen molar-refractivity contribution in [3.8, 4) is 0 Å². The molecule has 2 aliphatic carbocycles. The summed E-state index contributed by atoms with van der Waals surface area (Å²) in [7, 11) is 0. The Hall–Kier alpha value is -0.360. The van der Waals surface area contributed by atoms with Crippen molar-refractivity contribution in [1.82, 2.24) is 0 Å². The second kappa shape index (κ2) is 5.33. The number of alkyl halides is 4. The Bertz CT molecular complexity index is 287. The lowest BCUT2D eigenvalue weighted by Gasteiger charge is -2.28. The predicted octanol–water partition coefficient (Wildman–Crippen LogP) is 2.67. The fourth-order valence-corrected chi connectivity index (χ4v) is 3.34. The van der Waals surface area contributed by atoms with Crippen LogP contribution >= 0.6 is 0 Å². The van der Waals surface area contributed by atoms with Crippen LogP contribution in [0.3, 0.4) is 0 Å². The van der Waals surface area contributed by atoms with E-state index in [0.29, 0.717) is 17.8 Å². The third kappa shape index (κ3) is 2.96. The van der Waals surface area contributed by atoms with E-state index in [4.69, 9.17) is 5.73 Å². The molecule has 0 amide bonds. The number of hydrogen-bond acceptors (Lipinski definition) is 2. The van der Waals surface area contributed by atoms with E-state index in [2.05, 4.69) is 4.74 Å². The molecule has 0 heterocycles. The summed E-state index contributed by atoms with van der Waals surface area (Å²) in [5.74, 6) is -2.48. The maximum absolute atomic E-state index is 12.6. The van der Waals surface area contributed by atoms with E-state index < -0.39 is 19.0 Å². The Morgan fingerprint density at radius 2 is 1.94 bits per heavy atom. The predicted molar refractivity (Wildman–Crippen MR) is 58.7 cm³/mol. The highest BCUT2D eigenvalue weighted by Gasteiger charge is 2.43. The highest BCUT2D eigenvalue weighted by molar-refractivity contribution is 4.94. The molecule has 0 aromatic rings. The largest absolute Gasteiger partial charge is 0.373 e. The van der Waals surface area contributed by atoms with Crippen molar-refractivity contribution in [3.05, 3.63) is 0 Å². The van der Waals surface area contributed by atoms with Gasteiger partial charge in [-0.25, -0.2) is 8.78 Å². The summed E-state index contributed by atoms with van der Waals surface area (Å²) in [4.78, 5) is 0. The number of rotatable bonds is 6. The van der Waals surface area contributed by atoms with Crippen molar-refractivity contribution < 1.29 is 22.3 Å². The molecule has 4 atom stereocenters. The van der Waals surface area contributed by atoms with Crippen LogP contribution in [0.5, 0.6) is 0 Å². The smallest absolute Gasteiger partial charge is 0.330 e. The summed E-state index contributed by atoms with van der Waals surface area (Å²) in [6, 6.07) is -0.311. The SMILES string of the molecule is NC(COCC(F)(F)C(F)F)C1CC2CCC1C2. The van der Waals surface area contributed by atoms with Crippen LogP contribution in [-0.2, 0) is 4.74 Å². The van der Waals surface area contributed by atoms with Gasteiger partial charge in [0.25, 0.3) is 0 Å². The van der Waals surface area contributed by atoms with Crippen LogP contribution in [0.15, 0.2) is 0 Å². The molecule has 2 saturated carbocycles. The van der Waals surface area contributed by atoms with E-state index in [0.717, 1.165) is 12.8 Å². The minimum absolute atomic E-state index is 0.0593. The molecule has 2 fully saturated rings. The van der Waals surface area contributed by atoms with E-state index in [-0.39, 0.29) is 12.6 Å². The monoisotopic (exact) mass is 269 g/mol. The number of hydrogen-bond donors (Lipinski definition) is 1. The van der Waals surface area contributed by atoms with Gasteiger partial charge in [-0.1, -0.05) is 6.42 Å². The summed E-state index contributed by atoms with van der Waals surface area (Å²) in [6.45, 7) is -1.31. The molecule has 2 aliphatic rings. The van der Waals surface area contributed by atoms with Crippen LogP contribution < -0.4 is 5.73 Å². The maximum Gasteiger partial charge on any atom is 0.330 e. The van der Waals surface area contributed by atoms with Gasteiger partial charge >= 0.3 is 12.3 Å². The molecule has 0 spiro atoms. The first-order valence-electron chi connectivity index (χ1n) is 6.39. The molecule has 2 rings (SSSR count). The molecule has 2 N–H and O–H groups in total. The molecule has 106 valence electrons. The van der Waals surface area contributed by atoms with Gasteiger partial charge in [0.15, 0.2) is 0 Å². The highest BCUT2D eigenvalue weighted by Crippen LogP contribution is 2.49. The van der Waals surface area contributed by atoms with E-state index in [1.165, 1.54) is 12.8 Å². The van der Waals surface area contributed by atoms with Crippen LogP contribution in [-0.4, -0.2) is 31.6 Å². The van der Waals surface area contributed by atoms with Crippen LogP contribution in [0.1, 0.15) is 25.7 Å². The summed E-state index contributed by atoms with van der Waals surface area (Å²) >= 11 is 0. The molecular formula is C12H19F4NO. The van der Waals surface area contributed by atoms with Gasteiger partial charge in [-0.05, 0) is 37.0 Å². The van der Waals surface area contributed by atoms with Crippen LogP contribution in [0.25, 0.3) is 0 Å². The lowest BCUT2D eigenvalue weighted by Crippen LogP contribution is -2.40. The molecule has 6 heteroatoms. The first kappa shape index (κ1) is 14.1. The lowest BCUT2D eigenvalue weighted by atomic mass is 9.84. The minimum Gasteiger partial charge on any atom is -0.373 e. The lowest BCUT2D eigenvalue weighted by molar-refractivity contribution is -0.167. The van der Waals surface area contributed by atoms with Gasteiger partial charge in [0.2, 0.25) is 0 Å². The Morgan fingerprint density at radius 3 is 2.44 bits per heavy atom. The fourth-order valence-electron chi connectivity index (χ4n) is 3.34. The maximum atomic E-state index is 12.6. The molecule has 0 aromatic carbocycles. The number of ether oxygens (including phenoxy) is 1. The van der Waals surface area contributed by atoms with E-state index in [9.17, 15) is 17.6 Å². The summed E-state index contributed by atoms with van der Waals surface area (Å²) in [5, 5.41) is 0. The van der Waals surface area contributed by atoms with Gasteiger partial charge in [0.05, 0.1) is 6.61 Å². The second-order valence-corrected chi connectivity index (χ2v) is 5.58. The van der Waals surface area contributed by atoms with Gasteiger partial charge in [0.1, 0.15) is 6.61 Å². The third-order valence-electron chi connectivity index (χ3n) is 4.27. The Labute approximate surface area is 104 Å². The summed E-state index contributed by atoms with van der Waals surface area (Å²) in [5.41, 5.74) is 5.91. The second-order valence-electron chi connectivity index (χ2n) is 5.58. The standard InChI is InChI=1S/C12H19F4NO/c13-11(14)12(15,16)6-18-5-10(17)9-4-7-1-2-8(9)3-7/h7-11H,1-6,17H2. The van der Waals surface area contributed by atoms with Gasteiger partial charge in [-0.3, -0.25) is 0 Å². The van der Waals surface area contributed by atoms with Crippen LogP contribution in [0.2, 0.25) is 0 Å². The van der Waals surface area contributed by atoms with Crippen LogP contribution in [0, 0.1) is 17.8 Å². The van der Waals surface area contributed by atoms with Gasteiger partial charge in [-0.2, -0.15) is 8.78 Å². The van der Waals surface area contributed by atoms with Gasteiger partial charge < -0.3 is 10.5 Å². The zero-order valence-electron chi connectivity index (χ0n) is 10.1. The van der Waals surface area contributed by atoms with Crippen molar-refractivity contribution >= 4 is 0 Å². The zero-order chi connectivity index (χ0) is 13.3. The van der Waals surface area contributed by atoms with Crippen molar-refractivity contribution in [2.45, 2.75) is 44.1 Å². The minimum atomic E-state index is -4.07. The van der Waals surface area contributed by atoms with Crippen molar-refractivity contribution in [2.24, 2.45) is 23.5 Å². The van der Waals surface area contributed by atoms with Crippen LogP contribution in [0.4, 0.5) is 17.6 Å². The zero-order valence-corrected chi connectivity index (χ0v) is 10.1. The molecule has 2 nitrogen and oxygen atoms in total. The molecule has 18 heavy (non-hydrogen) atoms. The first-order valence-corrected chi connectivity index (χ1v) is 6.39. The van der Waals surface area contributed by atoms with Crippen molar-refractivity contribution in [1.29, 1.82) is 0 Å². The normalized spacial score (nSPS) is 33.3. The van der Waals surface area contributed by atoms with E-state index >= 15 is 0 Å². The topological polar surface area (TPSA) is 35.2 Å². The third-order valence-corrected chi connectivity index (χ3v) is 4.27. The molecule has 0 aliphatic heterocycles. The highest BCUT2D eigenvalue weighted by atomic mass is 19.3. The average molecular weight is 269 g/mol. The first-order chi connectivity index (χ1) is 8.40. The summed E-state index contributed by atoms with van der Waals surface area (Å²) in [6.07, 6.45) is 0.900. The quantitative estimate of drug-likeness (QED) is 0.752. The molecular weight excluding hydrogens is 250 g/mol. The Kier molecular flexibility index (Phi) is 4.16. The number of nitrogens with two attached hydrogens (primary N) is 1. The van der Waals surface area contributed by atoms with E-state index in [1.807, 2.05) is 0 Å². The van der Waals surface area contributed by atoms with Crippen molar-refractivity contribution in [2.75, 3.05) is 13.2 Å². The summed E-state index contributed by atoms with van der Waals surface area (Å²) < 4.78 is 53.7. The molecule has 0 saturated heterocycles. The number of fused-ring (bicyclic) bond motifs is 2. The molecule has 4 unspecified atom stereocenters. The fraction of sp³-hybridized carbons (Fsp3) is 1.00. The van der Waals surface area contributed by atoms with E-state index in [1.54, 1.807) is 0 Å². The number of halogens is 4.